The molecule has 0 radical (unpaired) electrons. The van der Waals surface area contributed by atoms with Crippen molar-refractivity contribution in [2.75, 3.05) is 11.5 Å². The number of carbonyl (C=O) groups is 1. The van der Waals surface area contributed by atoms with Gasteiger partial charge in [0.05, 0.1) is 17.5 Å². The highest BCUT2D eigenvalue weighted by molar-refractivity contribution is 7.99. The van der Waals surface area contributed by atoms with E-state index in [1.165, 1.54) is 22.9 Å². The molecule has 3 aromatic rings. The number of nitrogen functional groups attached to an aromatic ring is 1. The van der Waals surface area contributed by atoms with Crippen LogP contribution in [0.25, 0.3) is 6.08 Å². The summed E-state index contributed by atoms with van der Waals surface area (Å²) in [6.45, 7) is 0. The maximum absolute atomic E-state index is 13.6. The molecule has 35 heavy (non-hydrogen) atoms. The Labute approximate surface area is 209 Å². The van der Waals surface area contributed by atoms with Gasteiger partial charge in [0.2, 0.25) is 5.95 Å². The molecule has 2 fully saturated rings. The van der Waals surface area contributed by atoms with Crippen LogP contribution in [0.3, 0.4) is 0 Å². The summed E-state index contributed by atoms with van der Waals surface area (Å²) >= 11 is 1.40. The zero-order valence-corrected chi connectivity index (χ0v) is 20.3. The Morgan fingerprint density at radius 2 is 1.77 bits per heavy atom. The minimum Gasteiger partial charge on any atom is -0.368 e. The molecule has 2 atom stereocenters. The number of hydrogen-bond acceptors (Lipinski definition) is 6. The molecular formula is C27H28N6OS. The van der Waals surface area contributed by atoms with E-state index in [1.54, 1.807) is 5.01 Å². The van der Waals surface area contributed by atoms with Crippen molar-refractivity contribution in [2.24, 2.45) is 11.0 Å². The number of anilines is 1. The van der Waals surface area contributed by atoms with E-state index >= 15 is 0 Å². The van der Waals surface area contributed by atoms with Gasteiger partial charge >= 0.3 is 0 Å². The van der Waals surface area contributed by atoms with Crippen LogP contribution in [0.15, 0.2) is 76.5 Å². The smallest absolute Gasteiger partial charge is 0.253 e. The summed E-state index contributed by atoms with van der Waals surface area (Å²) in [5.74, 6) is 0.845. The zero-order valence-electron chi connectivity index (χ0n) is 19.5. The molecule has 0 bridgehead atoms. The molecule has 3 aliphatic rings. The van der Waals surface area contributed by atoms with Crippen molar-refractivity contribution >= 4 is 35.4 Å². The first-order chi connectivity index (χ1) is 17.2. The van der Waals surface area contributed by atoms with Crippen molar-refractivity contribution in [3.05, 3.63) is 77.4 Å². The van der Waals surface area contributed by atoms with Gasteiger partial charge in [0.25, 0.3) is 5.91 Å². The lowest BCUT2D eigenvalue weighted by molar-refractivity contribution is -0.130. The van der Waals surface area contributed by atoms with Crippen LogP contribution in [0, 0.1) is 5.92 Å². The van der Waals surface area contributed by atoms with Crippen molar-refractivity contribution in [2.45, 2.75) is 49.3 Å². The van der Waals surface area contributed by atoms with E-state index in [0.717, 1.165) is 43.4 Å². The molecule has 178 valence electrons. The molecule has 2 N–H and O–H groups in total. The lowest BCUT2D eigenvalue weighted by Crippen LogP contribution is -2.32. The van der Waals surface area contributed by atoms with Crippen molar-refractivity contribution in [1.29, 1.82) is 0 Å². The summed E-state index contributed by atoms with van der Waals surface area (Å²) in [4.78, 5) is 13.6. The standard InChI is InChI=1S/C27H28N6OS/c28-26-29-30-27(32(26)21-14-15-21)35-17-23(34)33-25(19-10-5-2-6-11-19)22-13-7-12-20(24(22)31-33)16-18-8-3-1-4-9-18/h1-6,8-11,16,21-22,25H,7,12-15,17H2,(H2,28,29)/b20-16+. The number of thioether (sulfide) groups is 1. The molecule has 0 spiro atoms. The largest absolute Gasteiger partial charge is 0.368 e. The fourth-order valence-corrected chi connectivity index (χ4v) is 6.06. The van der Waals surface area contributed by atoms with Crippen LogP contribution in [-0.4, -0.2) is 37.1 Å². The molecule has 0 saturated heterocycles. The predicted octanol–water partition coefficient (Wildman–Crippen LogP) is 5.11. The molecule has 1 aliphatic heterocycles. The predicted molar refractivity (Wildman–Crippen MR) is 139 cm³/mol. The van der Waals surface area contributed by atoms with Crippen LogP contribution in [0.4, 0.5) is 5.95 Å². The lowest BCUT2D eigenvalue weighted by atomic mass is 9.77. The van der Waals surface area contributed by atoms with Gasteiger partial charge in [0.1, 0.15) is 0 Å². The van der Waals surface area contributed by atoms with Gasteiger partial charge in [0, 0.05) is 12.0 Å². The number of aromatic nitrogens is 3. The Morgan fingerprint density at radius 3 is 2.51 bits per heavy atom. The number of fused-ring (bicyclic) bond motifs is 1. The van der Waals surface area contributed by atoms with Gasteiger partial charge in [-0.15, -0.1) is 10.2 Å². The van der Waals surface area contributed by atoms with E-state index < -0.39 is 0 Å². The van der Waals surface area contributed by atoms with Gasteiger partial charge in [0.15, 0.2) is 5.16 Å². The molecule has 2 saturated carbocycles. The molecule has 1 amide bonds. The SMILES string of the molecule is Nc1nnc(SCC(=O)N2N=C3/C(=C/c4ccccc4)CCCC3C2c2ccccc2)n1C1CC1. The first kappa shape index (κ1) is 22.1. The monoisotopic (exact) mass is 484 g/mol. The van der Waals surface area contributed by atoms with Crippen LogP contribution in [0.2, 0.25) is 0 Å². The van der Waals surface area contributed by atoms with E-state index in [2.05, 4.69) is 52.7 Å². The summed E-state index contributed by atoms with van der Waals surface area (Å²) in [6.07, 6.45) is 7.48. The van der Waals surface area contributed by atoms with E-state index in [-0.39, 0.29) is 23.6 Å². The summed E-state index contributed by atoms with van der Waals surface area (Å²) in [5.41, 5.74) is 10.6. The third-order valence-electron chi connectivity index (χ3n) is 6.97. The number of rotatable bonds is 6. The lowest BCUT2D eigenvalue weighted by Gasteiger charge is -2.29. The summed E-state index contributed by atoms with van der Waals surface area (Å²) in [7, 11) is 0. The molecule has 8 heteroatoms. The van der Waals surface area contributed by atoms with Gasteiger partial charge < -0.3 is 5.73 Å². The fourth-order valence-electron chi connectivity index (χ4n) is 5.20. The van der Waals surface area contributed by atoms with Crippen LogP contribution in [0.5, 0.6) is 0 Å². The Kier molecular flexibility index (Phi) is 5.90. The first-order valence-corrected chi connectivity index (χ1v) is 13.2. The molecule has 1 aromatic heterocycles. The minimum atomic E-state index is -0.0925. The number of nitrogens with two attached hydrogens (primary N) is 1. The molecule has 7 nitrogen and oxygen atoms in total. The number of hydrogen-bond donors (Lipinski definition) is 1. The normalized spacial score (nSPS) is 22.8. The molecule has 6 rings (SSSR count). The van der Waals surface area contributed by atoms with E-state index in [9.17, 15) is 4.79 Å². The third-order valence-corrected chi connectivity index (χ3v) is 7.89. The molecule has 2 aliphatic carbocycles. The highest BCUT2D eigenvalue weighted by Gasteiger charge is 2.43. The summed E-state index contributed by atoms with van der Waals surface area (Å²) in [5, 5.41) is 15.7. The second-order valence-corrected chi connectivity index (χ2v) is 10.3. The number of hydrazone groups is 1. The highest BCUT2D eigenvalue weighted by Crippen LogP contribution is 2.45. The first-order valence-electron chi connectivity index (χ1n) is 12.2. The van der Waals surface area contributed by atoms with E-state index in [0.29, 0.717) is 17.1 Å². The second-order valence-electron chi connectivity index (χ2n) is 9.39. The molecule has 2 unspecified atom stereocenters. The number of nitrogens with zero attached hydrogens (tertiary/aromatic N) is 5. The summed E-state index contributed by atoms with van der Waals surface area (Å²) in [6, 6.07) is 20.9. The molecular weight excluding hydrogens is 456 g/mol. The molecule has 2 heterocycles. The van der Waals surface area contributed by atoms with E-state index in [1.807, 2.05) is 28.8 Å². The van der Waals surface area contributed by atoms with Crippen molar-refractivity contribution in [3.63, 3.8) is 0 Å². The maximum Gasteiger partial charge on any atom is 0.253 e. The van der Waals surface area contributed by atoms with Crippen LogP contribution in [-0.2, 0) is 4.79 Å². The van der Waals surface area contributed by atoms with Crippen LogP contribution >= 0.6 is 11.8 Å². The Morgan fingerprint density at radius 1 is 1.03 bits per heavy atom. The van der Waals surface area contributed by atoms with Crippen LogP contribution in [0.1, 0.15) is 55.3 Å². The van der Waals surface area contributed by atoms with Gasteiger partial charge in [-0.05, 0) is 54.9 Å². The van der Waals surface area contributed by atoms with E-state index in [4.69, 9.17) is 10.8 Å². The Balaban J connectivity index is 1.30. The molecule has 2 aromatic carbocycles. The minimum absolute atomic E-state index is 0.0197. The number of carbonyl (C=O) groups excluding carboxylic acids is 1. The topological polar surface area (TPSA) is 89.4 Å². The fraction of sp³-hybridized carbons (Fsp3) is 0.333. The van der Waals surface area contributed by atoms with Gasteiger partial charge in [-0.2, -0.15) is 5.10 Å². The van der Waals surface area contributed by atoms with Gasteiger partial charge in [-0.25, -0.2) is 5.01 Å². The Bertz CT molecular complexity index is 1280. The number of amides is 1. The maximum atomic E-state index is 13.6. The third kappa shape index (κ3) is 4.38. The number of benzene rings is 2. The van der Waals surface area contributed by atoms with Crippen molar-refractivity contribution in [3.8, 4) is 0 Å². The Hall–Kier alpha value is -3.39. The average molecular weight is 485 g/mol. The number of allylic oxidation sites excluding steroid dienone is 1. The second kappa shape index (κ2) is 9.34. The van der Waals surface area contributed by atoms with Crippen molar-refractivity contribution in [1.82, 2.24) is 19.8 Å². The van der Waals surface area contributed by atoms with Gasteiger partial charge in [-0.3, -0.25) is 9.36 Å². The van der Waals surface area contributed by atoms with Gasteiger partial charge in [-0.1, -0.05) is 72.4 Å². The zero-order chi connectivity index (χ0) is 23.8. The highest BCUT2D eigenvalue weighted by atomic mass is 32.2. The summed E-state index contributed by atoms with van der Waals surface area (Å²) < 4.78 is 1.96. The average Bonchev–Trinajstić information content (AvgIpc) is 3.54. The van der Waals surface area contributed by atoms with Crippen LogP contribution < -0.4 is 5.73 Å². The van der Waals surface area contributed by atoms with Crippen molar-refractivity contribution < 1.29 is 4.79 Å². The quantitative estimate of drug-likeness (QED) is 0.491.